The second-order valence-corrected chi connectivity index (χ2v) is 17.1. The van der Waals surface area contributed by atoms with E-state index < -0.39 is 12.2 Å². The third kappa shape index (κ3) is 9.05. The van der Waals surface area contributed by atoms with Crippen molar-refractivity contribution in [3.8, 4) is 0 Å². The van der Waals surface area contributed by atoms with Crippen LogP contribution in [0.3, 0.4) is 0 Å². The maximum Gasteiger partial charge on any atom is 0.309 e. The van der Waals surface area contributed by atoms with Crippen molar-refractivity contribution in [2.24, 2.45) is 0 Å². The van der Waals surface area contributed by atoms with Gasteiger partial charge in [0.05, 0.1) is 18.0 Å². The van der Waals surface area contributed by atoms with Gasteiger partial charge in [-0.1, -0.05) is 119 Å². The van der Waals surface area contributed by atoms with Gasteiger partial charge in [-0.3, -0.25) is 9.78 Å². The Balaban J connectivity index is 1.46. The van der Waals surface area contributed by atoms with Gasteiger partial charge in [0.1, 0.15) is 6.10 Å². The van der Waals surface area contributed by atoms with E-state index in [9.17, 15) is 9.90 Å². The number of aromatic nitrogens is 1. The minimum Gasteiger partial charge on any atom is -0.458 e. The van der Waals surface area contributed by atoms with Crippen LogP contribution in [0.4, 0.5) is 0 Å². The Labute approximate surface area is 309 Å². The van der Waals surface area contributed by atoms with Gasteiger partial charge in [0.25, 0.3) is 0 Å². The molecule has 0 spiro atoms. The van der Waals surface area contributed by atoms with Crippen LogP contribution < -0.4 is 0 Å². The van der Waals surface area contributed by atoms with Crippen LogP contribution in [-0.2, 0) is 9.53 Å². The van der Waals surface area contributed by atoms with Crippen LogP contribution in [0.15, 0.2) is 127 Å². The van der Waals surface area contributed by atoms with Crippen LogP contribution in [0.5, 0.6) is 0 Å². The first-order valence-electron chi connectivity index (χ1n) is 17.4. The topological polar surface area (TPSA) is 59.4 Å². The molecule has 4 aromatic carbocycles. The van der Waals surface area contributed by atoms with Crippen molar-refractivity contribution in [3.05, 3.63) is 119 Å². The van der Waals surface area contributed by atoms with E-state index in [1.165, 1.54) is 26.5 Å². The van der Waals surface area contributed by atoms with Crippen molar-refractivity contribution in [2.75, 3.05) is 0 Å². The van der Waals surface area contributed by atoms with Crippen LogP contribution in [0.25, 0.3) is 17.0 Å². The Morgan fingerprint density at radius 2 is 1.20 bits per heavy atom. The Morgan fingerprint density at radius 3 is 1.68 bits per heavy atom. The smallest absolute Gasteiger partial charge is 0.309 e. The number of benzene rings is 4. The second kappa shape index (κ2) is 16.2. The molecule has 0 radical (unpaired) electrons. The highest BCUT2D eigenvalue weighted by Crippen LogP contribution is 2.45. The SMILES string of the molecule is CC(C)c1ccc(Sc2cc3ncc(/C=C/[C@@H]4C[C@@H](O)CC(=O)O4)c(Sc4ccc(C(C)C)cc4)c3cc2Sc2ccc(C(C)C)cc2)cc1. The largest absolute Gasteiger partial charge is 0.458 e. The fraction of sp³-hybridized carbons (Fsp3) is 0.302. The van der Waals surface area contributed by atoms with Crippen molar-refractivity contribution < 1.29 is 14.6 Å². The number of rotatable bonds is 11. The summed E-state index contributed by atoms with van der Waals surface area (Å²) in [6.45, 7) is 13.3. The quantitative estimate of drug-likeness (QED) is 0.136. The average Bonchev–Trinajstić information content (AvgIpc) is 3.08. The zero-order valence-corrected chi connectivity index (χ0v) is 32.0. The predicted molar refractivity (Wildman–Crippen MR) is 210 cm³/mol. The molecular formula is C43H45NO3S3. The van der Waals surface area contributed by atoms with E-state index in [2.05, 4.69) is 126 Å². The summed E-state index contributed by atoms with van der Waals surface area (Å²) in [5.74, 6) is 1.04. The molecule has 0 amide bonds. The Morgan fingerprint density at radius 1 is 0.720 bits per heavy atom. The lowest BCUT2D eigenvalue weighted by Gasteiger charge is -2.23. The lowest BCUT2D eigenvalue weighted by atomic mass is 10.0. The summed E-state index contributed by atoms with van der Waals surface area (Å²) in [6, 6.07) is 31.1. The van der Waals surface area contributed by atoms with Gasteiger partial charge >= 0.3 is 5.97 Å². The fourth-order valence-electron chi connectivity index (χ4n) is 5.86. The molecule has 0 unspecified atom stereocenters. The number of cyclic esters (lactones) is 1. The predicted octanol–water partition coefficient (Wildman–Crippen LogP) is 12.1. The van der Waals surface area contributed by atoms with Gasteiger partial charge in [0.2, 0.25) is 0 Å². The zero-order valence-electron chi connectivity index (χ0n) is 29.6. The average molecular weight is 720 g/mol. The van der Waals surface area contributed by atoms with E-state index in [0.717, 1.165) is 36.0 Å². The highest BCUT2D eigenvalue weighted by atomic mass is 32.2. The number of aliphatic hydroxyl groups excluding tert-OH is 1. The molecule has 0 bridgehead atoms. The summed E-state index contributed by atoms with van der Waals surface area (Å²) in [4.78, 5) is 24.0. The van der Waals surface area contributed by atoms with Gasteiger partial charge in [-0.05, 0) is 89.1 Å². The van der Waals surface area contributed by atoms with Crippen molar-refractivity contribution in [2.45, 2.75) is 114 Å². The standard InChI is InChI=1S/C43H45NO3S3/c1-26(2)29-8-15-35(16-9-29)48-40-23-38-39(24-41(40)49-36-17-10-30(11-18-36)27(3)4)44-25-32(7-14-34-21-33(45)22-42(46)47-34)43(38)50-37-19-12-31(13-20-37)28(5)6/h7-20,23-28,33-34,45H,21-22H2,1-6H3/b14-7+/t33-,34-/m1/s1. The van der Waals surface area contributed by atoms with E-state index in [1.807, 2.05) is 18.3 Å². The normalized spacial score (nSPS) is 16.6. The molecule has 1 aromatic heterocycles. The molecule has 1 aliphatic rings. The molecule has 50 heavy (non-hydrogen) atoms. The molecule has 0 saturated carbocycles. The highest BCUT2D eigenvalue weighted by molar-refractivity contribution is 8.02. The second-order valence-electron chi connectivity index (χ2n) is 13.8. The van der Waals surface area contributed by atoms with Gasteiger partial charge < -0.3 is 9.84 Å². The lowest BCUT2D eigenvalue weighted by Crippen LogP contribution is -2.31. The molecule has 1 fully saturated rings. The molecule has 2 atom stereocenters. The first-order valence-corrected chi connectivity index (χ1v) is 19.8. The number of carbonyl (C=O) groups is 1. The molecule has 7 heteroatoms. The van der Waals surface area contributed by atoms with E-state index in [-0.39, 0.29) is 12.4 Å². The maximum absolute atomic E-state index is 12.1. The molecule has 0 aliphatic carbocycles. The van der Waals surface area contributed by atoms with Crippen LogP contribution in [0.1, 0.15) is 94.4 Å². The number of ether oxygens (including phenoxy) is 1. The number of aliphatic hydroxyl groups is 1. The van der Waals surface area contributed by atoms with E-state index in [1.54, 1.807) is 35.3 Å². The molecular weight excluding hydrogens is 675 g/mol. The van der Waals surface area contributed by atoms with Crippen molar-refractivity contribution in [1.29, 1.82) is 0 Å². The van der Waals surface area contributed by atoms with Crippen LogP contribution >= 0.6 is 35.3 Å². The van der Waals surface area contributed by atoms with Crippen LogP contribution in [0, 0.1) is 0 Å². The number of esters is 1. The number of hydrogen-bond donors (Lipinski definition) is 1. The summed E-state index contributed by atoms with van der Waals surface area (Å²) in [6.07, 6.45) is 5.03. The summed E-state index contributed by atoms with van der Waals surface area (Å²) in [7, 11) is 0. The third-order valence-electron chi connectivity index (χ3n) is 8.91. The Hall–Kier alpha value is -3.49. The van der Waals surface area contributed by atoms with E-state index >= 15 is 0 Å². The van der Waals surface area contributed by atoms with Crippen molar-refractivity contribution in [1.82, 2.24) is 4.98 Å². The number of nitrogens with zero attached hydrogens (tertiary/aromatic N) is 1. The maximum atomic E-state index is 12.1. The van der Waals surface area contributed by atoms with Gasteiger partial charge in [0.15, 0.2) is 0 Å². The molecule has 5 aromatic rings. The highest BCUT2D eigenvalue weighted by Gasteiger charge is 2.25. The number of carbonyl (C=O) groups excluding carboxylic acids is 1. The van der Waals surface area contributed by atoms with Crippen molar-refractivity contribution in [3.63, 3.8) is 0 Å². The number of hydrogen-bond acceptors (Lipinski definition) is 7. The zero-order chi connectivity index (χ0) is 35.4. The summed E-state index contributed by atoms with van der Waals surface area (Å²) in [5.41, 5.74) is 5.82. The van der Waals surface area contributed by atoms with Crippen LogP contribution in [-0.4, -0.2) is 28.3 Å². The lowest BCUT2D eigenvalue weighted by molar-refractivity contribution is -0.156. The Bertz CT molecular complexity index is 1970. The molecule has 2 heterocycles. The van der Waals surface area contributed by atoms with E-state index in [0.29, 0.717) is 24.2 Å². The van der Waals surface area contributed by atoms with Gasteiger partial charge in [0, 0.05) is 52.9 Å². The number of pyridine rings is 1. The summed E-state index contributed by atoms with van der Waals surface area (Å²) >= 11 is 5.27. The van der Waals surface area contributed by atoms with Gasteiger partial charge in [-0.15, -0.1) is 0 Å². The number of fused-ring (bicyclic) bond motifs is 1. The molecule has 1 aliphatic heterocycles. The summed E-state index contributed by atoms with van der Waals surface area (Å²) in [5, 5.41) is 11.3. The first kappa shape index (κ1) is 36.3. The monoisotopic (exact) mass is 719 g/mol. The minimum atomic E-state index is -0.694. The Kier molecular flexibility index (Phi) is 11.8. The fourth-order valence-corrected chi connectivity index (χ4v) is 8.84. The van der Waals surface area contributed by atoms with Crippen LogP contribution in [0.2, 0.25) is 0 Å². The summed E-state index contributed by atoms with van der Waals surface area (Å²) < 4.78 is 5.54. The molecule has 258 valence electrons. The third-order valence-corrected chi connectivity index (χ3v) is 12.3. The minimum absolute atomic E-state index is 0.0399. The molecule has 4 nitrogen and oxygen atoms in total. The van der Waals surface area contributed by atoms with Crippen molar-refractivity contribution >= 4 is 58.2 Å². The van der Waals surface area contributed by atoms with Gasteiger partial charge in [-0.2, -0.15) is 0 Å². The molecule has 6 rings (SSSR count). The van der Waals surface area contributed by atoms with Gasteiger partial charge in [-0.25, -0.2) is 0 Å². The first-order chi connectivity index (χ1) is 24.0. The van der Waals surface area contributed by atoms with E-state index in [4.69, 9.17) is 9.72 Å². The molecule has 1 N–H and O–H groups in total. The molecule has 1 saturated heterocycles.